The lowest BCUT2D eigenvalue weighted by molar-refractivity contribution is -0.132. The molecule has 0 spiro atoms. The van der Waals surface area contributed by atoms with Gasteiger partial charge in [-0.15, -0.1) is 0 Å². The molecule has 2 aromatic carbocycles. The van der Waals surface area contributed by atoms with Gasteiger partial charge in [0.2, 0.25) is 11.8 Å². The molecule has 0 radical (unpaired) electrons. The highest BCUT2D eigenvalue weighted by molar-refractivity contribution is 6.30. The highest BCUT2D eigenvalue weighted by Gasteiger charge is 2.14. The van der Waals surface area contributed by atoms with E-state index in [1.807, 2.05) is 55.5 Å². The first-order chi connectivity index (χ1) is 12.0. The van der Waals surface area contributed by atoms with E-state index in [1.165, 1.54) is 6.92 Å². The zero-order valence-electron chi connectivity index (χ0n) is 14.6. The number of carbonyl (C=O) groups is 2. The zero-order chi connectivity index (χ0) is 18.2. The summed E-state index contributed by atoms with van der Waals surface area (Å²) >= 11 is 5.98. The van der Waals surface area contributed by atoms with Crippen molar-refractivity contribution in [3.8, 4) is 0 Å². The Bertz CT molecular complexity index is 746. The van der Waals surface area contributed by atoms with Gasteiger partial charge in [0.15, 0.2) is 0 Å². The van der Waals surface area contributed by atoms with Crippen molar-refractivity contribution in [1.82, 2.24) is 4.90 Å². The molecule has 0 aliphatic rings. The van der Waals surface area contributed by atoms with E-state index in [0.29, 0.717) is 18.0 Å². The quantitative estimate of drug-likeness (QED) is 0.815. The maximum absolute atomic E-state index is 12.3. The number of rotatable bonds is 7. The smallest absolute Gasteiger partial charge is 0.244 e. The highest BCUT2D eigenvalue weighted by atomic mass is 35.5. The fourth-order valence-electron chi connectivity index (χ4n) is 2.62. The van der Waals surface area contributed by atoms with Crippen molar-refractivity contribution in [3.05, 3.63) is 64.7 Å². The minimum Gasteiger partial charge on any atom is -0.333 e. The molecular formula is C20H23ClN2O2. The van der Waals surface area contributed by atoms with Gasteiger partial charge in [-0.2, -0.15) is 0 Å². The van der Waals surface area contributed by atoms with E-state index in [9.17, 15) is 9.59 Å². The number of hydrogen-bond donors (Lipinski definition) is 1. The third-order valence-corrected chi connectivity index (χ3v) is 4.25. The molecule has 0 bridgehead atoms. The van der Waals surface area contributed by atoms with Gasteiger partial charge in [0.25, 0.3) is 0 Å². The van der Waals surface area contributed by atoms with Gasteiger partial charge in [-0.25, -0.2) is 0 Å². The lowest BCUT2D eigenvalue weighted by Gasteiger charge is -2.21. The SMILES string of the molecule is CCc1ccccc1NC(=O)CN(CCc1cccc(Cl)c1)C(C)=O. The lowest BCUT2D eigenvalue weighted by Crippen LogP contribution is -2.38. The fourth-order valence-corrected chi connectivity index (χ4v) is 2.83. The molecule has 25 heavy (non-hydrogen) atoms. The summed E-state index contributed by atoms with van der Waals surface area (Å²) in [4.78, 5) is 25.7. The molecule has 0 aliphatic heterocycles. The second-order valence-electron chi connectivity index (χ2n) is 5.88. The Balaban J connectivity index is 1.96. The monoisotopic (exact) mass is 358 g/mol. The minimum absolute atomic E-state index is 0.0357. The first-order valence-corrected chi connectivity index (χ1v) is 8.75. The molecule has 5 heteroatoms. The summed E-state index contributed by atoms with van der Waals surface area (Å²) in [7, 11) is 0. The van der Waals surface area contributed by atoms with Crippen molar-refractivity contribution < 1.29 is 9.59 Å². The van der Waals surface area contributed by atoms with Gasteiger partial charge in [-0.1, -0.05) is 48.9 Å². The Morgan fingerprint density at radius 2 is 1.88 bits per heavy atom. The summed E-state index contributed by atoms with van der Waals surface area (Å²) in [6, 6.07) is 15.2. The summed E-state index contributed by atoms with van der Waals surface area (Å²) in [6.07, 6.45) is 1.49. The summed E-state index contributed by atoms with van der Waals surface area (Å²) in [6.45, 7) is 4.02. The summed E-state index contributed by atoms with van der Waals surface area (Å²) < 4.78 is 0. The number of anilines is 1. The molecule has 1 N–H and O–H groups in total. The molecular weight excluding hydrogens is 336 g/mol. The van der Waals surface area contributed by atoms with Crippen molar-refractivity contribution in [2.24, 2.45) is 0 Å². The Kier molecular flexibility index (Phi) is 7.02. The van der Waals surface area contributed by atoms with E-state index in [0.717, 1.165) is 23.2 Å². The maximum atomic E-state index is 12.3. The van der Waals surface area contributed by atoms with Crippen molar-refractivity contribution in [1.29, 1.82) is 0 Å². The van der Waals surface area contributed by atoms with Gasteiger partial charge in [0, 0.05) is 24.2 Å². The van der Waals surface area contributed by atoms with E-state index in [-0.39, 0.29) is 18.4 Å². The number of halogens is 1. The number of nitrogens with one attached hydrogen (secondary N) is 1. The van der Waals surface area contributed by atoms with Crippen LogP contribution in [0.3, 0.4) is 0 Å². The molecule has 0 saturated heterocycles. The Labute approximate surface area is 153 Å². The molecule has 0 saturated carbocycles. The van der Waals surface area contributed by atoms with Crippen LogP contribution in [0.25, 0.3) is 0 Å². The van der Waals surface area contributed by atoms with Gasteiger partial charge in [-0.05, 0) is 42.2 Å². The average Bonchev–Trinajstić information content (AvgIpc) is 2.59. The van der Waals surface area contributed by atoms with Crippen LogP contribution >= 0.6 is 11.6 Å². The third-order valence-electron chi connectivity index (χ3n) is 4.01. The molecule has 2 rings (SSSR count). The van der Waals surface area contributed by atoms with Crippen LogP contribution in [0.2, 0.25) is 5.02 Å². The average molecular weight is 359 g/mol. The number of benzene rings is 2. The minimum atomic E-state index is -0.192. The van der Waals surface area contributed by atoms with E-state index in [2.05, 4.69) is 5.32 Å². The van der Waals surface area contributed by atoms with Crippen molar-refractivity contribution >= 4 is 29.1 Å². The predicted molar refractivity (Wildman–Crippen MR) is 102 cm³/mol. The van der Waals surface area contributed by atoms with Crippen molar-refractivity contribution in [2.75, 3.05) is 18.4 Å². The summed E-state index contributed by atoms with van der Waals surface area (Å²) in [5.74, 6) is -0.317. The largest absolute Gasteiger partial charge is 0.333 e. The highest BCUT2D eigenvalue weighted by Crippen LogP contribution is 2.15. The van der Waals surface area contributed by atoms with Crippen LogP contribution in [0, 0.1) is 0 Å². The van der Waals surface area contributed by atoms with E-state index < -0.39 is 0 Å². The van der Waals surface area contributed by atoms with Crippen molar-refractivity contribution in [3.63, 3.8) is 0 Å². The molecule has 2 aromatic rings. The molecule has 0 fully saturated rings. The van der Waals surface area contributed by atoms with Crippen LogP contribution in [-0.4, -0.2) is 29.8 Å². The molecule has 4 nitrogen and oxygen atoms in total. The zero-order valence-corrected chi connectivity index (χ0v) is 15.3. The van der Waals surface area contributed by atoms with Gasteiger partial charge in [-0.3, -0.25) is 9.59 Å². The topological polar surface area (TPSA) is 49.4 Å². The maximum Gasteiger partial charge on any atom is 0.244 e. The molecule has 0 aromatic heterocycles. The Hall–Kier alpha value is -2.33. The third kappa shape index (κ3) is 5.91. The second-order valence-corrected chi connectivity index (χ2v) is 6.32. The van der Waals surface area contributed by atoms with Gasteiger partial charge in [0.05, 0.1) is 6.54 Å². The van der Waals surface area contributed by atoms with Gasteiger partial charge < -0.3 is 10.2 Å². The van der Waals surface area contributed by atoms with Crippen LogP contribution < -0.4 is 5.32 Å². The predicted octanol–water partition coefficient (Wildman–Crippen LogP) is 3.93. The Morgan fingerprint density at radius 1 is 1.12 bits per heavy atom. The van der Waals surface area contributed by atoms with Crippen LogP contribution in [0.4, 0.5) is 5.69 Å². The van der Waals surface area contributed by atoms with E-state index >= 15 is 0 Å². The molecule has 2 amide bonds. The molecule has 0 heterocycles. The number of nitrogens with zero attached hydrogens (tertiary/aromatic N) is 1. The lowest BCUT2D eigenvalue weighted by atomic mass is 10.1. The standard InChI is InChI=1S/C20H23ClN2O2/c1-3-17-8-4-5-10-19(17)22-20(25)14-23(15(2)24)12-11-16-7-6-9-18(21)13-16/h4-10,13H,3,11-12,14H2,1-2H3,(H,22,25). The fraction of sp³-hybridized carbons (Fsp3) is 0.300. The van der Waals surface area contributed by atoms with Crippen LogP contribution in [0.5, 0.6) is 0 Å². The van der Waals surface area contributed by atoms with Gasteiger partial charge >= 0.3 is 0 Å². The molecule has 0 atom stereocenters. The second kappa shape index (κ2) is 9.23. The van der Waals surface area contributed by atoms with Crippen LogP contribution in [0.1, 0.15) is 25.0 Å². The number of para-hydroxylation sites is 1. The summed E-state index contributed by atoms with van der Waals surface area (Å²) in [5.41, 5.74) is 2.91. The van der Waals surface area contributed by atoms with E-state index in [4.69, 9.17) is 11.6 Å². The molecule has 0 unspecified atom stereocenters. The van der Waals surface area contributed by atoms with Gasteiger partial charge in [0.1, 0.15) is 0 Å². The number of aryl methyl sites for hydroxylation is 1. The number of carbonyl (C=O) groups excluding carboxylic acids is 2. The number of hydrogen-bond acceptors (Lipinski definition) is 2. The molecule has 0 aliphatic carbocycles. The van der Waals surface area contributed by atoms with Crippen LogP contribution in [-0.2, 0) is 22.4 Å². The first-order valence-electron chi connectivity index (χ1n) is 8.37. The molecule has 132 valence electrons. The normalized spacial score (nSPS) is 10.4. The first kappa shape index (κ1) is 19.0. The Morgan fingerprint density at radius 3 is 2.56 bits per heavy atom. The van der Waals surface area contributed by atoms with Crippen molar-refractivity contribution in [2.45, 2.75) is 26.7 Å². The summed E-state index contributed by atoms with van der Waals surface area (Å²) in [5, 5.41) is 3.57. The van der Waals surface area contributed by atoms with E-state index in [1.54, 1.807) is 4.90 Å². The number of amides is 2. The van der Waals surface area contributed by atoms with Crippen LogP contribution in [0.15, 0.2) is 48.5 Å².